The number of benzene rings is 1. The Morgan fingerprint density at radius 2 is 1.94 bits per heavy atom. The van der Waals surface area contributed by atoms with Gasteiger partial charge < -0.3 is 5.32 Å². The highest BCUT2D eigenvalue weighted by atomic mass is 19.4. The van der Waals surface area contributed by atoms with Crippen molar-refractivity contribution in [2.75, 3.05) is 6.54 Å². The molecule has 1 unspecified atom stereocenters. The summed E-state index contributed by atoms with van der Waals surface area (Å²) in [6.07, 6.45) is -4.50. The van der Waals surface area contributed by atoms with Gasteiger partial charge in [-0.2, -0.15) is 13.2 Å². The zero-order valence-electron chi connectivity index (χ0n) is 9.03. The molecule has 0 heterocycles. The van der Waals surface area contributed by atoms with Gasteiger partial charge >= 0.3 is 6.18 Å². The molecular formula is C11H13F4N. The molecule has 1 aromatic rings. The van der Waals surface area contributed by atoms with Crippen molar-refractivity contribution in [2.24, 2.45) is 0 Å². The highest BCUT2D eigenvalue weighted by Crippen LogP contribution is 2.34. The lowest BCUT2D eigenvalue weighted by molar-refractivity contribution is -0.158. The number of alkyl halides is 3. The minimum absolute atomic E-state index is 0.123. The van der Waals surface area contributed by atoms with Gasteiger partial charge in [-0.15, -0.1) is 0 Å². The number of nitrogens with one attached hydrogen (secondary N) is 1. The van der Waals surface area contributed by atoms with Crippen molar-refractivity contribution in [3.05, 3.63) is 35.1 Å². The summed E-state index contributed by atoms with van der Waals surface area (Å²) in [5.74, 6) is -0.839. The molecule has 16 heavy (non-hydrogen) atoms. The Labute approximate surface area is 91.5 Å². The van der Waals surface area contributed by atoms with Gasteiger partial charge in [0.15, 0.2) is 0 Å². The third-order valence-corrected chi connectivity index (χ3v) is 2.20. The van der Waals surface area contributed by atoms with E-state index in [2.05, 4.69) is 5.32 Å². The van der Waals surface area contributed by atoms with Crippen molar-refractivity contribution in [3.8, 4) is 0 Å². The van der Waals surface area contributed by atoms with Crippen LogP contribution in [0.25, 0.3) is 0 Å². The predicted molar refractivity (Wildman–Crippen MR) is 53.6 cm³/mol. The first-order chi connectivity index (χ1) is 7.36. The van der Waals surface area contributed by atoms with Crippen LogP contribution in [0.4, 0.5) is 17.6 Å². The van der Waals surface area contributed by atoms with Crippen LogP contribution in [0.15, 0.2) is 18.2 Å². The van der Waals surface area contributed by atoms with Crippen molar-refractivity contribution in [3.63, 3.8) is 0 Å². The molecular weight excluding hydrogens is 222 g/mol. The quantitative estimate of drug-likeness (QED) is 0.792. The third kappa shape index (κ3) is 2.95. The van der Waals surface area contributed by atoms with Crippen LogP contribution in [0, 0.1) is 12.7 Å². The van der Waals surface area contributed by atoms with E-state index in [-0.39, 0.29) is 12.1 Å². The summed E-state index contributed by atoms with van der Waals surface area (Å²) in [6, 6.07) is 1.77. The van der Waals surface area contributed by atoms with E-state index >= 15 is 0 Å². The molecule has 1 atom stereocenters. The summed E-state index contributed by atoms with van der Waals surface area (Å²) in [7, 11) is 0. The third-order valence-electron chi connectivity index (χ3n) is 2.20. The molecule has 0 aliphatic heterocycles. The van der Waals surface area contributed by atoms with Crippen LogP contribution < -0.4 is 5.32 Å². The normalized spacial score (nSPS) is 13.9. The van der Waals surface area contributed by atoms with Crippen LogP contribution in [-0.4, -0.2) is 12.7 Å². The lowest BCUT2D eigenvalue weighted by atomic mass is 10.0. The smallest absolute Gasteiger partial charge is 0.303 e. The Bertz CT molecular complexity index is 359. The summed E-state index contributed by atoms with van der Waals surface area (Å²) in [5.41, 5.74) is 0.248. The molecule has 0 aromatic heterocycles. The maximum Gasteiger partial charge on any atom is 0.408 e. The Morgan fingerprint density at radius 3 is 2.44 bits per heavy atom. The first-order valence-corrected chi connectivity index (χ1v) is 4.92. The van der Waals surface area contributed by atoms with Gasteiger partial charge in [0.2, 0.25) is 0 Å². The van der Waals surface area contributed by atoms with Crippen molar-refractivity contribution in [1.82, 2.24) is 5.32 Å². The Morgan fingerprint density at radius 1 is 1.31 bits per heavy atom. The van der Waals surface area contributed by atoms with Crippen LogP contribution in [0.5, 0.6) is 0 Å². The van der Waals surface area contributed by atoms with Crippen molar-refractivity contribution >= 4 is 0 Å². The molecule has 0 fully saturated rings. The summed E-state index contributed by atoms with van der Waals surface area (Å²) < 4.78 is 51.4. The van der Waals surface area contributed by atoms with Gasteiger partial charge in [0.1, 0.15) is 11.9 Å². The first-order valence-electron chi connectivity index (χ1n) is 4.92. The molecule has 1 aromatic carbocycles. The molecule has 1 nitrogen and oxygen atoms in total. The van der Waals surface area contributed by atoms with Crippen molar-refractivity contribution in [2.45, 2.75) is 26.1 Å². The maximum atomic E-state index is 13.3. The van der Waals surface area contributed by atoms with Crippen LogP contribution >= 0.6 is 0 Å². The lowest BCUT2D eigenvalue weighted by Crippen LogP contribution is -2.34. The van der Waals surface area contributed by atoms with Crippen LogP contribution in [0.2, 0.25) is 0 Å². The van der Waals surface area contributed by atoms with Gasteiger partial charge in [0, 0.05) is 5.56 Å². The molecule has 90 valence electrons. The Kier molecular flexibility index (Phi) is 3.91. The fourth-order valence-corrected chi connectivity index (χ4v) is 1.49. The predicted octanol–water partition coefficient (Wildman–Crippen LogP) is 3.35. The fraction of sp³-hybridized carbons (Fsp3) is 0.455. The monoisotopic (exact) mass is 235 g/mol. The summed E-state index contributed by atoms with van der Waals surface area (Å²) >= 11 is 0. The Balaban J connectivity index is 3.15. The minimum atomic E-state index is -4.50. The van der Waals surface area contributed by atoms with E-state index in [1.165, 1.54) is 12.1 Å². The van der Waals surface area contributed by atoms with Crippen molar-refractivity contribution < 1.29 is 17.6 Å². The standard InChI is InChI=1S/C11H13F4N/c1-3-16-10(11(13,14)15)8-6-7(2)4-5-9(8)12/h4-6,10,16H,3H2,1-2H3. The maximum absolute atomic E-state index is 13.3. The largest absolute Gasteiger partial charge is 0.408 e. The molecule has 1 rings (SSSR count). The minimum Gasteiger partial charge on any atom is -0.303 e. The molecule has 0 radical (unpaired) electrons. The van der Waals surface area contributed by atoms with Gasteiger partial charge in [-0.3, -0.25) is 0 Å². The first kappa shape index (κ1) is 13.0. The summed E-state index contributed by atoms with van der Waals surface area (Å²) in [5, 5.41) is 2.24. The molecule has 0 saturated carbocycles. The molecule has 0 aliphatic rings. The van der Waals surface area contributed by atoms with Gasteiger partial charge in [0.25, 0.3) is 0 Å². The van der Waals surface area contributed by atoms with Crippen LogP contribution in [0.3, 0.4) is 0 Å². The summed E-state index contributed by atoms with van der Waals surface area (Å²) in [6.45, 7) is 3.30. The topological polar surface area (TPSA) is 12.0 Å². The number of hydrogen-bond acceptors (Lipinski definition) is 1. The van der Waals surface area contributed by atoms with E-state index < -0.39 is 18.0 Å². The van der Waals surface area contributed by atoms with E-state index in [1.54, 1.807) is 13.8 Å². The summed E-state index contributed by atoms with van der Waals surface area (Å²) in [4.78, 5) is 0. The number of aryl methyl sites for hydroxylation is 1. The number of hydrogen-bond donors (Lipinski definition) is 1. The van der Waals surface area contributed by atoms with E-state index in [4.69, 9.17) is 0 Å². The van der Waals surface area contributed by atoms with Gasteiger partial charge in [-0.05, 0) is 19.5 Å². The second kappa shape index (κ2) is 4.82. The van der Waals surface area contributed by atoms with Crippen LogP contribution in [0.1, 0.15) is 24.1 Å². The molecule has 0 saturated heterocycles. The molecule has 0 amide bonds. The molecule has 1 N–H and O–H groups in total. The fourth-order valence-electron chi connectivity index (χ4n) is 1.49. The zero-order chi connectivity index (χ0) is 12.3. The van der Waals surface area contributed by atoms with E-state index in [0.717, 1.165) is 6.07 Å². The highest BCUT2D eigenvalue weighted by Gasteiger charge is 2.41. The van der Waals surface area contributed by atoms with E-state index in [9.17, 15) is 17.6 Å². The average molecular weight is 235 g/mol. The number of halogens is 4. The van der Waals surface area contributed by atoms with E-state index in [0.29, 0.717) is 5.56 Å². The van der Waals surface area contributed by atoms with Gasteiger partial charge in [-0.1, -0.05) is 24.6 Å². The van der Waals surface area contributed by atoms with E-state index in [1.807, 2.05) is 0 Å². The molecule has 0 aliphatic carbocycles. The van der Waals surface area contributed by atoms with Crippen molar-refractivity contribution in [1.29, 1.82) is 0 Å². The molecule has 5 heteroatoms. The van der Waals surface area contributed by atoms with Gasteiger partial charge in [-0.25, -0.2) is 4.39 Å². The zero-order valence-corrected chi connectivity index (χ0v) is 9.03. The SMILES string of the molecule is CCNC(c1cc(C)ccc1F)C(F)(F)F. The second-order valence-corrected chi connectivity index (χ2v) is 3.56. The Hall–Kier alpha value is -1.10. The lowest BCUT2D eigenvalue weighted by Gasteiger charge is -2.22. The average Bonchev–Trinajstić information content (AvgIpc) is 2.17. The van der Waals surface area contributed by atoms with Gasteiger partial charge in [0.05, 0.1) is 0 Å². The molecule has 0 bridgehead atoms. The highest BCUT2D eigenvalue weighted by molar-refractivity contribution is 5.27. The second-order valence-electron chi connectivity index (χ2n) is 3.56. The van der Waals surface area contributed by atoms with Crippen LogP contribution in [-0.2, 0) is 0 Å². The number of rotatable bonds is 3. The molecule has 0 spiro atoms.